The number of ketones is 1. The minimum atomic E-state index is -0.0367. The van der Waals surface area contributed by atoms with Crippen molar-refractivity contribution in [1.29, 1.82) is 0 Å². The van der Waals surface area contributed by atoms with Gasteiger partial charge in [-0.25, -0.2) is 0 Å². The zero-order chi connectivity index (χ0) is 15.5. The minimum Gasteiger partial charge on any atom is -0.485 e. The van der Waals surface area contributed by atoms with E-state index in [0.29, 0.717) is 16.3 Å². The lowest BCUT2D eigenvalue weighted by molar-refractivity contribution is 0.0921. The second kappa shape index (κ2) is 6.31. The van der Waals surface area contributed by atoms with E-state index >= 15 is 0 Å². The number of benzene rings is 2. The molecular formula is C18H19ClO2. The van der Waals surface area contributed by atoms with E-state index in [0.717, 1.165) is 0 Å². The molecular weight excluding hydrogens is 284 g/mol. The van der Waals surface area contributed by atoms with Crippen LogP contribution in [0.3, 0.4) is 0 Å². The lowest BCUT2D eigenvalue weighted by Crippen LogP contribution is -2.14. The molecule has 0 radical (unpaired) electrons. The third-order valence-corrected chi connectivity index (χ3v) is 3.51. The number of hydrogen-bond donors (Lipinski definition) is 0. The molecule has 0 aliphatic heterocycles. The van der Waals surface area contributed by atoms with Crippen LogP contribution in [-0.4, -0.2) is 12.4 Å². The first-order chi connectivity index (χ1) is 9.86. The first-order valence-electron chi connectivity index (χ1n) is 6.88. The zero-order valence-corrected chi connectivity index (χ0v) is 13.3. The van der Waals surface area contributed by atoms with Gasteiger partial charge in [0.25, 0.3) is 0 Å². The molecule has 2 nitrogen and oxygen atoms in total. The SMILES string of the molecule is CC(C)(C)c1ccc(C(=O)COc2ccc(Cl)cc2)cc1. The molecule has 0 spiro atoms. The molecule has 0 atom stereocenters. The number of hydrogen-bond acceptors (Lipinski definition) is 2. The summed E-state index contributed by atoms with van der Waals surface area (Å²) in [5.74, 6) is 0.601. The molecule has 0 unspecified atom stereocenters. The summed E-state index contributed by atoms with van der Waals surface area (Å²) in [7, 11) is 0. The van der Waals surface area contributed by atoms with Crippen molar-refractivity contribution in [1.82, 2.24) is 0 Å². The third kappa shape index (κ3) is 4.33. The van der Waals surface area contributed by atoms with Crippen LogP contribution in [0, 0.1) is 0 Å². The molecule has 0 saturated heterocycles. The minimum absolute atomic E-state index is 0.0243. The van der Waals surface area contributed by atoms with Gasteiger partial charge in [-0.15, -0.1) is 0 Å². The number of halogens is 1. The molecule has 21 heavy (non-hydrogen) atoms. The Morgan fingerprint density at radius 2 is 1.57 bits per heavy atom. The lowest BCUT2D eigenvalue weighted by atomic mass is 9.86. The standard InChI is InChI=1S/C18H19ClO2/c1-18(2,3)14-6-4-13(5-7-14)17(20)12-21-16-10-8-15(19)9-11-16/h4-11H,12H2,1-3H3. The molecule has 0 aromatic heterocycles. The van der Waals surface area contributed by atoms with E-state index in [1.165, 1.54) is 5.56 Å². The van der Waals surface area contributed by atoms with Crippen LogP contribution in [0.1, 0.15) is 36.7 Å². The molecule has 0 fully saturated rings. The molecule has 0 aliphatic rings. The fourth-order valence-corrected chi connectivity index (χ4v) is 2.05. The van der Waals surface area contributed by atoms with Crippen LogP contribution < -0.4 is 4.74 Å². The Morgan fingerprint density at radius 3 is 2.10 bits per heavy atom. The Bertz CT molecular complexity index is 607. The van der Waals surface area contributed by atoms with Gasteiger partial charge in [-0.3, -0.25) is 4.79 Å². The maximum absolute atomic E-state index is 12.1. The number of carbonyl (C=O) groups excluding carboxylic acids is 1. The van der Waals surface area contributed by atoms with Gasteiger partial charge in [0, 0.05) is 10.6 Å². The van der Waals surface area contributed by atoms with E-state index in [2.05, 4.69) is 20.8 Å². The lowest BCUT2D eigenvalue weighted by Gasteiger charge is -2.19. The Balaban J connectivity index is 1.99. The van der Waals surface area contributed by atoms with Gasteiger partial charge in [-0.2, -0.15) is 0 Å². The van der Waals surface area contributed by atoms with Crippen LogP contribution in [0.5, 0.6) is 5.75 Å². The van der Waals surface area contributed by atoms with Gasteiger partial charge in [-0.1, -0.05) is 56.6 Å². The first-order valence-corrected chi connectivity index (χ1v) is 7.26. The van der Waals surface area contributed by atoms with Crippen LogP contribution >= 0.6 is 11.6 Å². The average molecular weight is 303 g/mol. The van der Waals surface area contributed by atoms with Crippen molar-refractivity contribution in [3.8, 4) is 5.75 Å². The van der Waals surface area contributed by atoms with E-state index in [4.69, 9.17) is 16.3 Å². The molecule has 2 rings (SSSR count). The fourth-order valence-electron chi connectivity index (χ4n) is 1.92. The van der Waals surface area contributed by atoms with Crippen molar-refractivity contribution >= 4 is 17.4 Å². The number of rotatable bonds is 4. The molecule has 2 aromatic rings. The highest BCUT2D eigenvalue weighted by Gasteiger charge is 2.14. The molecule has 0 bridgehead atoms. The van der Waals surface area contributed by atoms with Crippen molar-refractivity contribution in [3.05, 3.63) is 64.7 Å². The Labute approximate surface area is 130 Å². The highest BCUT2D eigenvalue weighted by atomic mass is 35.5. The quantitative estimate of drug-likeness (QED) is 0.751. The normalized spacial score (nSPS) is 11.2. The summed E-state index contributed by atoms with van der Waals surface area (Å²) in [5.41, 5.74) is 1.95. The fraction of sp³-hybridized carbons (Fsp3) is 0.278. The second-order valence-corrected chi connectivity index (χ2v) is 6.43. The predicted molar refractivity (Wildman–Crippen MR) is 86.4 cm³/mol. The van der Waals surface area contributed by atoms with E-state index in [1.54, 1.807) is 24.3 Å². The van der Waals surface area contributed by atoms with E-state index < -0.39 is 0 Å². The summed E-state index contributed by atoms with van der Waals surface area (Å²) in [6.45, 7) is 6.46. The average Bonchev–Trinajstić information content (AvgIpc) is 2.45. The monoisotopic (exact) mass is 302 g/mol. The Kier molecular flexibility index (Phi) is 4.69. The predicted octanol–water partition coefficient (Wildman–Crippen LogP) is 4.90. The number of carbonyl (C=O) groups is 1. The third-order valence-electron chi connectivity index (χ3n) is 3.26. The van der Waals surface area contributed by atoms with Gasteiger partial charge < -0.3 is 4.74 Å². The zero-order valence-electron chi connectivity index (χ0n) is 12.5. The van der Waals surface area contributed by atoms with Gasteiger partial charge in [-0.05, 0) is 35.2 Å². The Morgan fingerprint density at radius 1 is 1.00 bits per heavy atom. The molecule has 0 N–H and O–H groups in total. The van der Waals surface area contributed by atoms with Crippen LogP contribution in [0.25, 0.3) is 0 Å². The topological polar surface area (TPSA) is 26.3 Å². The van der Waals surface area contributed by atoms with Crippen LogP contribution in [0.2, 0.25) is 5.02 Å². The Hall–Kier alpha value is -1.80. The smallest absolute Gasteiger partial charge is 0.200 e. The highest BCUT2D eigenvalue weighted by molar-refractivity contribution is 6.30. The summed E-state index contributed by atoms with van der Waals surface area (Å²) in [6, 6.07) is 14.7. The van der Waals surface area contributed by atoms with Crippen molar-refractivity contribution in [2.45, 2.75) is 26.2 Å². The second-order valence-electron chi connectivity index (χ2n) is 5.99. The number of Topliss-reactive ketones (excluding diaryl/α,β-unsaturated/α-hetero) is 1. The van der Waals surface area contributed by atoms with Crippen LogP contribution in [0.4, 0.5) is 0 Å². The molecule has 2 aromatic carbocycles. The van der Waals surface area contributed by atoms with E-state index in [1.807, 2.05) is 24.3 Å². The van der Waals surface area contributed by atoms with Crippen molar-refractivity contribution in [2.75, 3.05) is 6.61 Å². The summed E-state index contributed by atoms with van der Waals surface area (Å²) in [6.07, 6.45) is 0. The molecule has 0 aliphatic carbocycles. The number of ether oxygens (including phenoxy) is 1. The molecule has 0 saturated carbocycles. The van der Waals surface area contributed by atoms with Crippen molar-refractivity contribution in [2.24, 2.45) is 0 Å². The van der Waals surface area contributed by atoms with Gasteiger partial charge in [0.15, 0.2) is 12.4 Å². The first kappa shape index (κ1) is 15.6. The van der Waals surface area contributed by atoms with E-state index in [-0.39, 0.29) is 17.8 Å². The van der Waals surface area contributed by atoms with Crippen molar-refractivity contribution in [3.63, 3.8) is 0 Å². The van der Waals surface area contributed by atoms with E-state index in [9.17, 15) is 4.79 Å². The summed E-state index contributed by atoms with van der Waals surface area (Å²) >= 11 is 5.80. The van der Waals surface area contributed by atoms with Crippen LogP contribution in [0.15, 0.2) is 48.5 Å². The summed E-state index contributed by atoms with van der Waals surface area (Å²) in [5, 5.41) is 0.645. The molecule has 0 amide bonds. The molecule has 110 valence electrons. The largest absolute Gasteiger partial charge is 0.485 e. The van der Waals surface area contributed by atoms with Gasteiger partial charge >= 0.3 is 0 Å². The van der Waals surface area contributed by atoms with Gasteiger partial charge in [0.1, 0.15) is 5.75 Å². The van der Waals surface area contributed by atoms with Crippen LogP contribution in [-0.2, 0) is 5.41 Å². The maximum Gasteiger partial charge on any atom is 0.200 e. The summed E-state index contributed by atoms with van der Waals surface area (Å²) in [4.78, 5) is 12.1. The van der Waals surface area contributed by atoms with Gasteiger partial charge in [0.05, 0.1) is 0 Å². The van der Waals surface area contributed by atoms with Crippen molar-refractivity contribution < 1.29 is 9.53 Å². The van der Waals surface area contributed by atoms with Gasteiger partial charge in [0.2, 0.25) is 0 Å². The maximum atomic E-state index is 12.1. The highest BCUT2D eigenvalue weighted by Crippen LogP contribution is 2.22. The molecule has 0 heterocycles. The summed E-state index contributed by atoms with van der Waals surface area (Å²) < 4.78 is 5.47. The molecule has 3 heteroatoms.